The van der Waals surface area contributed by atoms with Gasteiger partial charge in [0.1, 0.15) is 23.0 Å². The fourth-order valence-corrected chi connectivity index (χ4v) is 5.33. The van der Waals surface area contributed by atoms with Crippen molar-refractivity contribution in [3.05, 3.63) is 119 Å². The molecule has 0 atom stereocenters. The summed E-state index contributed by atoms with van der Waals surface area (Å²) in [5.41, 5.74) is -13.7. The maximum Gasteiger partial charge on any atom is 0.411 e. The Morgan fingerprint density at radius 3 is 0.681 bits per heavy atom. The van der Waals surface area contributed by atoms with Crippen molar-refractivity contribution in [2.45, 2.75) is 35.5 Å². The summed E-state index contributed by atoms with van der Waals surface area (Å²) in [7, 11) is 2.35. The maximum absolute atomic E-state index is 14.4. The Labute approximate surface area is 259 Å². The second-order valence-electron chi connectivity index (χ2n) is 10.1. The third kappa shape index (κ3) is 6.02. The summed E-state index contributed by atoms with van der Waals surface area (Å²) in [5, 5.41) is 0. The average Bonchev–Trinajstić information content (AvgIpc) is 2.97. The Morgan fingerprint density at radius 1 is 0.319 bits per heavy atom. The summed E-state index contributed by atoms with van der Waals surface area (Å²) in [4.78, 5) is 0. The minimum Gasteiger partial charge on any atom is -0.497 e. The molecule has 0 aliphatic rings. The van der Waals surface area contributed by atoms with Crippen molar-refractivity contribution in [2.24, 2.45) is 0 Å². The molecule has 4 aromatic rings. The molecule has 0 fully saturated rings. The van der Waals surface area contributed by atoms with Gasteiger partial charge in [-0.3, -0.25) is 0 Å². The Hall–Kier alpha value is -4.56. The highest BCUT2D eigenvalue weighted by molar-refractivity contribution is 5.49. The number of benzene rings is 4. The van der Waals surface area contributed by atoms with Crippen molar-refractivity contribution in [1.29, 1.82) is 0 Å². The average molecular weight is 683 g/mol. The van der Waals surface area contributed by atoms with E-state index in [0.717, 1.165) is 48.5 Å². The summed E-state index contributed by atoms with van der Waals surface area (Å²) in [6.45, 7) is 0. The summed E-state index contributed by atoms with van der Waals surface area (Å²) in [6, 6.07) is 11.3. The molecular formula is C32H22F12O3. The second-order valence-corrected chi connectivity index (χ2v) is 10.1. The van der Waals surface area contributed by atoms with Crippen molar-refractivity contribution < 1.29 is 66.9 Å². The molecule has 0 spiro atoms. The highest BCUT2D eigenvalue weighted by atomic mass is 19.4. The molecule has 47 heavy (non-hydrogen) atoms. The predicted octanol–water partition coefficient (Wildman–Crippen LogP) is 10.3. The molecule has 0 aromatic heterocycles. The molecule has 0 heterocycles. The molecule has 0 radical (unpaired) electrons. The minimum absolute atomic E-state index is 0.00785. The van der Waals surface area contributed by atoms with Gasteiger partial charge in [-0.1, -0.05) is 48.5 Å². The van der Waals surface area contributed by atoms with Gasteiger partial charge < -0.3 is 14.2 Å². The second kappa shape index (κ2) is 12.2. The Bertz CT molecular complexity index is 1480. The summed E-state index contributed by atoms with van der Waals surface area (Å²) in [6.07, 6.45) is -23.5. The maximum atomic E-state index is 14.4. The van der Waals surface area contributed by atoms with Gasteiger partial charge >= 0.3 is 24.7 Å². The normalized spacial score (nSPS) is 13.3. The first-order valence-electron chi connectivity index (χ1n) is 13.2. The summed E-state index contributed by atoms with van der Waals surface area (Å²) in [5.74, 6) is -0.702. The quantitative estimate of drug-likeness (QED) is 0.173. The predicted molar refractivity (Wildman–Crippen MR) is 145 cm³/mol. The highest BCUT2D eigenvalue weighted by Gasteiger charge is 2.73. The van der Waals surface area contributed by atoms with E-state index in [4.69, 9.17) is 14.2 Å². The van der Waals surface area contributed by atoms with Crippen LogP contribution in [0.25, 0.3) is 0 Å². The first kappa shape index (κ1) is 35.3. The fraction of sp³-hybridized carbons (Fsp3) is 0.250. The number of hydrogen-bond acceptors (Lipinski definition) is 3. The zero-order valence-corrected chi connectivity index (χ0v) is 24.0. The molecule has 0 saturated carbocycles. The van der Waals surface area contributed by atoms with E-state index in [1.165, 1.54) is 14.2 Å². The minimum atomic E-state index is -5.88. The lowest BCUT2D eigenvalue weighted by molar-refractivity contribution is -0.290. The van der Waals surface area contributed by atoms with E-state index < -0.39 is 57.8 Å². The summed E-state index contributed by atoms with van der Waals surface area (Å²) < 4.78 is 188. The van der Waals surface area contributed by atoms with E-state index in [9.17, 15) is 52.7 Å². The van der Waals surface area contributed by atoms with Crippen LogP contribution in [0.2, 0.25) is 0 Å². The lowest BCUT2D eigenvalue weighted by Crippen LogP contribution is -2.54. The third-order valence-electron chi connectivity index (χ3n) is 7.56. The van der Waals surface area contributed by atoms with Crippen molar-refractivity contribution in [3.8, 4) is 23.0 Å². The van der Waals surface area contributed by atoms with Crippen LogP contribution in [0, 0.1) is 0 Å². The van der Waals surface area contributed by atoms with Crippen LogP contribution in [-0.4, -0.2) is 38.9 Å². The molecule has 0 N–H and O–H groups in total. The lowest BCUT2D eigenvalue weighted by atomic mass is 9.73. The first-order valence-corrected chi connectivity index (χ1v) is 13.2. The Kier molecular flexibility index (Phi) is 9.18. The van der Waals surface area contributed by atoms with Crippen molar-refractivity contribution in [2.75, 3.05) is 14.2 Å². The van der Waals surface area contributed by atoms with Crippen LogP contribution in [0.1, 0.15) is 22.3 Å². The van der Waals surface area contributed by atoms with E-state index >= 15 is 0 Å². The van der Waals surface area contributed by atoms with Gasteiger partial charge in [-0.05, 0) is 70.8 Å². The fourth-order valence-electron chi connectivity index (χ4n) is 5.33. The van der Waals surface area contributed by atoms with Crippen LogP contribution in [0.5, 0.6) is 23.0 Å². The molecule has 4 aromatic carbocycles. The molecular weight excluding hydrogens is 660 g/mol. The highest BCUT2D eigenvalue weighted by Crippen LogP contribution is 2.58. The molecule has 0 amide bonds. The molecule has 252 valence electrons. The van der Waals surface area contributed by atoms with Crippen molar-refractivity contribution >= 4 is 0 Å². The number of ether oxygens (including phenoxy) is 3. The zero-order chi connectivity index (χ0) is 35.1. The van der Waals surface area contributed by atoms with Gasteiger partial charge in [0.2, 0.25) is 10.8 Å². The number of halogens is 12. The van der Waals surface area contributed by atoms with Gasteiger partial charge in [-0.2, -0.15) is 52.7 Å². The SMILES string of the molecule is COc1ccc(C(c2ccc(Oc3ccc(C(c4ccc(OC)cc4)(C(F)(F)F)C(F)(F)F)cc3)cc2)(C(F)(F)F)C(F)(F)F)cc1. The van der Waals surface area contributed by atoms with Gasteiger partial charge in [0.25, 0.3) is 0 Å². The Morgan fingerprint density at radius 2 is 0.511 bits per heavy atom. The van der Waals surface area contributed by atoms with Gasteiger partial charge in [-0.15, -0.1) is 0 Å². The van der Waals surface area contributed by atoms with Crippen molar-refractivity contribution in [3.63, 3.8) is 0 Å². The largest absolute Gasteiger partial charge is 0.497 e. The molecule has 0 bridgehead atoms. The van der Waals surface area contributed by atoms with Crippen LogP contribution in [0.4, 0.5) is 52.7 Å². The van der Waals surface area contributed by atoms with Crippen LogP contribution < -0.4 is 14.2 Å². The van der Waals surface area contributed by atoms with E-state index in [-0.39, 0.29) is 23.0 Å². The monoisotopic (exact) mass is 682 g/mol. The van der Waals surface area contributed by atoms with Gasteiger partial charge in [0.05, 0.1) is 14.2 Å². The van der Waals surface area contributed by atoms with E-state index in [2.05, 4.69) is 0 Å². The first-order chi connectivity index (χ1) is 21.7. The topological polar surface area (TPSA) is 27.7 Å². The van der Waals surface area contributed by atoms with E-state index in [1.54, 1.807) is 0 Å². The standard InChI is InChI=1S/C32H22F12O3/c1-45-23-11-3-19(4-12-23)27(29(33,34)35,30(36,37)38)21-7-15-25(16-8-21)47-26-17-9-22(10-18-26)28(31(39,40)41,32(42,43)44)20-5-13-24(46-2)14-6-20/h3-18H,1-2H3. The van der Waals surface area contributed by atoms with Gasteiger partial charge in [0, 0.05) is 0 Å². The van der Waals surface area contributed by atoms with E-state index in [0.29, 0.717) is 48.5 Å². The van der Waals surface area contributed by atoms with Gasteiger partial charge in [-0.25, -0.2) is 0 Å². The smallest absolute Gasteiger partial charge is 0.411 e. The molecule has 15 heteroatoms. The summed E-state index contributed by atoms with van der Waals surface area (Å²) >= 11 is 0. The number of hydrogen-bond donors (Lipinski definition) is 0. The van der Waals surface area contributed by atoms with Crippen LogP contribution in [0.3, 0.4) is 0 Å². The molecule has 3 nitrogen and oxygen atoms in total. The Balaban J connectivity index is 1.73. The molecule has 0 aliphatic heterocycles. The number of methoxy groups -OCH3 is 2. The molecule has 4 rings (SSSR count). The molecule has 0 aliphatic carbocycles. The van der Waals surface area contributed by atoms with Crippen LogP contribution >= 0.6 is 0 Å². The number of alkyl halides is 12. The van der Waals surface area contributed by atoms with Crippen LogP contribution in [-0.2, 0) is 10.8 Å². The zero-order valence-electron chi connectivity index (χ0n) is 24.0. The lowest BCUT2D eigenvalue weighted by Gasteiger charge is -2.38. The van der Waals surface area contributed by atoms with Crippen molar-refractivity contribution in [1.82, 2.24) is 0 Å². The molecule has 0 unspecified atom stereocenters. The third-order valence-corrected chi connectivity index (χ3v) is 7.56. The van der Waals surface area contributed by atoms with Gasteiger partial charge in [0.15, 0.2) is 0 Å². The molecule has 0 saturated heterocycles. The van der Waals surface area contributed by atoms with Crippen LogP contribution in [0.15, 0.2) is 97.1 Å². The number of rotatable bonds is 8. The van der Waals surface area contributed by atoms with E-state index in [1.807, 2.05) is 0 Å².